The molecule has 0 aliphatic heterocycles. The van der Waals surface area contributed by atoms with E-state index in [1.54, 1.807) is 23.3 Å². The molecule has 4 heavy (non-hydrogen) atoms. The van der Waals surface area contributed by atoms with Crippen molar-refractivity contribution in [1.82, 2.24) is 0 Å². The van der Waals surface area contributed by atoms with Crippen molar-refractivity contribution in [3.63, 3.8) is 0 Å². The first kappa shape index (κ1) is 5.10. The molecule has 0 radical (unpaired) electrons. The SMILES string of the molecule is C[Si](C)=[Zr]. The van der Waals surface area contributed by atoms with Crippen molar-refractivity contribution in [2.45, 2.75) is 13.1 Å². The quantitative estimate of drug-likeness (QED) is 0.447. The van der Waals surface area contributed by atoms with Gasteiger partial charge in [0.1, 0.15) is 0 Å². The van der Waals surface area contributed by atoms with E-state index < -0.39 is 0 Å². The maximum absolute atomic E-state index is 2.31. The molecule has 0 heterocycles. The first-order chi connectivity index (χ1) is 1.73. The van der Waals surface area contributed by atoms with Crippen molar-refractivity contribution in [2.75, 3.05) is 0 Å². The standard InChI is InChI=1S/C2H6Si.Zr/c1-3-2;/h1-2H3;. The Hall–Kier alpha value is 1.10. The third kappa shape index (κ3) is 11.3. The van der Waals surface area contributed by atoms with Gasteiger partial charge in [0.25, 0.3) is 0 Å². The molecule has 0 bridgehead atoms. The fourth-order valence-corrected chi connectivity index (χ4v) is 0. The van der Waals surface area contributed by atoms with Crippen LogP contribution in [-0.4, -0.2) is 5.43 Å². The summed E-state index contributed by atoms with van der Waals surface area (Å²) in [4.78, 5) is 0. The van der Waals surface area contributed by atoms with Gasteiger partial charge in [-0.05, 0) is 0 Å². The summed E-state index contributed by atoms with van der Waals surface area (Å²) >= 11 is 1.74. The Morgan fingerprint density at radius 1 is 1.50 bits per heavy atom. The van der Waals surface area contributed by atoms with Gasteiger partial charge in [-0.2, -0.15) is 0 Å². The van der Waals surface area contributed by atoms with Crippen LogP contribution in [0.15, 0.2) is 0 Å². The van der Waals surface area contributed by atoms with E-state index in [1.807, 2.05) is 0 Å². The Balaban J connectivity index is 2.80. The van der Waals surface area contributed by atoms with Crippen molar-refractivity contribution in [1.29, 1.82) is 0 Å². The molecule has 2 heteroatoms. The molecule has 0 saturated carbocycles. The van der Waals surface area contributed by atoms with Crippen LogP contribution in [0.5, 0.6) is 0 Å². The van der Waals surface area contributed by atoms with Gasteiger partial charge in [-0.15, -0.1) is 0 Å². The fraction of sp³-hybridized carbons (Fsp3) is 1.00. The minimum atomic E-state index is 0.210. The Morgan fingerprint density at radius 2 is 1.50 bits per heavy atom. The first-order valence-corrected chi connectivity index (χ1v) is 7.44. The molecule has 22 valence electrons. The van der Waals surface area contributed by atoms with Crippen molar-refractivity contribution in [2.24, 2.45) is 0 Å². The molecular weight excluding hydrogens is 143 g/mol. The fourth-order valence-electron chi connectivity index (χ4n) is 0. The molecule has 0 aliphatic rings. The molecule has 0 unspecified atom stereocenters. The summed E-state index contributed by atoms with van der Waals surface area (Å²) in [5.74, 6) is 0. The van der Waals surface area contributed by atoms with Crippen molar-refractivity contribution < 1.29 is 23.3 Å². The Kier molecular flexibility index (Phi) is 2.99. The molecule has 0 aromatic carbocycles. The van der Waals surface area contributed by atoms with Crippen LogP contribution >= 0.6 is 0 Å². The predicted octanol–water partition coefficient (Wildman–Crippen LogP) is 0.784. The number of hydrogen-bond donors (Lipinski definition) is 0. The van der Waals surface area contributed by atoms with Crippen LogP contribution in [-0.2, 0) is 23.3 Å². The van der Waals surface area contributed by atoms with Gasteiger partial charge in [-0.1, -0.05) is 0 Å². The number of rotatable bonds is 0. The van der Waals surface area contributed by atoms with Gasteiger partial charge in [0, 0.05) is 0 Å². The third-order valence-electron chi connectivity index (χ3n) is 0. The van der Waals surface area contributed by atoms with Crippen LogP contribution in [0.3, 0.4) is 0 Å². The molecule has 0 nitrogen and oxygen atoms in total. The van der Waals surface area contributed by atoms with E-state index in [-0.39, 0.29) is 5.43 Å². The molecule has 0 amide bonds. The average molecular weight is 149 g/mol. The summed E-state index contributed by atoms with van der Waals surface area (Å²) in [6.45, 7) is 4.62. The van der Waals surface area contributed by atoms with E-state index >= 15 is 0 Å². The molecule has 0 saturated heterocycles. The molecule has 0 fully saturated rings. The summed E-state index contributed by atoms with van der Waals surface area (Å²) in [6.07, 6.45) is 0. The molecule has 0 spiro atoms. The number of hydrogen-bond acceptors (Lipinski definition) is 0. The summed E-state index contributed by atoms with van der Waals surface area (Å²) in [6, 6.07) is 0. The van der Waals surface area contributed by atoms with Gasteiger partial charge in [-0.3, -0.25) is 0 Å². The topological polar surface area (TPSA) is 0 Å². The normalized spacial score (nSPS) is 6.25. The summed E-state index contributed by atoms with van der Waals surface area (Å²) in [7, 11) is 0. The van der Waals surface area contributed by atoms with Crippen LogP contribution in [0.2, 0.25) is 13.1 Å². The van der Waals surface area contributed by atoms with Crippen molar-refractivity contribution in [3.8, 4) is 0 Å². The summed E-state index contributed by atoms with van der Waals surface area (Å²) in [5.41, 5.74) is 0.210. The predicted molar refractivity (Wildman–Crippen MR) is 17.5 cm³/mol. The summed E-state index contributed by atoms with van der Waals surface area (Å²) < 4.78 is 0. The van der Waals surface area contributed by atoms with Crippen LogP contribution in [0.4, 0.5) is 0 Å². The Morgan fingerprint density at radius 3 is 1.50 bits per heavy atom. The molecule has 0 rings (SSSR count). The van der Waals surface area contributed by atoms with Crippen LogP contribution < -0.4 is 0 Å². The Labute approximate surface area is 42.0 Å². The zero-order valence-corrected chi connectivity index (χ0v) is 6.46. The molecule has 0 N–H and O–H groups in total. The van der Waals surface area contributed by atoms with E-state index in [1.165, 1.54) is 0 Å². The zero-order valence-electron chi connectivity index (χ0n) is 3.00. The second kappa shape index (κ2) is 2.34. The van der Waals surface area contributed by atoms with Gasteiger partial charge < -0.3 is 0 Å². The van der Waals surface area contributed by atoms with Gasteiger partial charge in [0.05, 0.1) is 0 Å². The summed E-state index contributed by atoms with van der Waals surface area (Å²) in [5, 5.41) is 0. The minimum absolute atomic E-state index is 0.210. The van der Waals surface area contributed by atoms with Crippen LogP contribution in [0.25, 0.3) is 0 Å². The molecule has 0 atom stereocenters. The maximum atomic E-state index is 2.31. The van der Waals surface area contributed by atoms with Gasteiger partial charge in [0.2, 0.25) is 0 Å². The Bertz CT molecular complexity index is 29.0. The second-order valence-electron chi connectivity index (χ2n) is 1.00. The van der Waals surface area contributed by atoms with Crippen LogP contribution in [0.1, 0.15) is 0 Å². The third-order valence-corrected chi connectivity index (χ3v) is 0. The van der Waals surface area contributed by atoms with Crippen LogP contribution in [0, 0.1) is 0 Å². The first-order valence-electron chi connectivity index (χ1n) is 1.25. The van der Waals surface area contributed by atoms with E-state index in [4.69, 9.17) is 0 Å². The second-order valence-corrected chi connectivity index (χ2v) is 10.4. The monoisotopic (exact) mass is 148 g/mol. The van der Waals surface area contributed by atoms with E-state index in [2.05, 4.69) is 13.1 Å². The molecule has 0 aromatic rings. The van der Waals surface area contributed by atoms with Gasteiger partial charge >= 0.3 is 41.9 Å². The van der Waals surface area contributed by atoms with E-state index in [0.717, 1.165) is 0 Å². The zero-order chi connectivity index (χ0) is 3.58. The van der Waals surface area contributed by atoms with Gasteiger partial charge in [-0.25, -0.2) is 0 Å². The molecular formula is C2H6SiZr. The van der Waals surface area contributed by atoms with Gasteiger partial charge in [0.15, 0.2) is 0 Å². The van der Waals surface area contributed by atoms with Crippen molar-refractivity contribution in [3.05, 3.63) is 0 Å². The molecule has 0 aromatic heterocycles. The van der Waals surface area contributed by atoms with E-state index in [0.29, 0.717) is 0 Å². The van der Waals surface area contributed by atoms with E-state index in [9.17, 15) is 0 Å². The molecule has 0 aliphatic carbocycles. The average Bonchev–Trinajstić information content (AvgIpc) is 0.811. The van der Waals surface area contributed by atoms with Crippen molar-refractivity contribution >= 4 is 5.43 Å².